The van der Waals surface area contributed by atoms with E-state index in [9.17, 15) is 8.42 Å². The zero-order chi connectivity index (χ0) is 12.9. The normalized spacial score (nSPS) is 11.9. The van der Waals surface area contributed by atoms with Crippen LogP contribution < -0.4 is 5.43 Å². The summed E-state index contributed by atoms with van der Waals surface area (Å²) in [7, 11) is -4.19. The van der Waals surface area contributed by atoms with Gasteiger partial charge in [0, 0.05) is 0 Å². The highest BCUT2D eigenvalue weighted by Gasteiger charge is 2.05. The number of nitrogens with one attached hydrogen (secondary N) is 1. The minimum Gasteiger partial charge on any atom is -0.281 e. The van der Waals surface area contributed by atoms with E-state index in [1.807, 2.05) is 32.0 Å². The zero-order valence-electron chi connectivity index (χ0n) is 9.84. The molecule has 5 nitrogen and oxygen atoms in total. The van der Waals surface area contributed by atoms with Gasteiger partial charge in [0.25, 0.3) is 0 Å². The second-order valence-electron chi connectivity index (χ2n) is 3.52. The monoisotopic (exact) mass is 256 g/mol. The highest BCUT2D eigenvalue weighted by atomic mass is 32.2. The molecule has 0 atom stereocenters. The Labute approximate surface area is 101 Å². The number of rotatable bonds is 5. The molecule has 0 aliphatic carbocycles. The summed E-state index contributed by atoms with van der Waals surface area (Å²) in [5.74, 6) is 0. The number of nitrogens with zero attached hydrogens (tertiary/aromatic N) is 1. The van der Waals surface area contributed by atoms with Crippen LogP contribution in [0.5, 0.6) is 0 Å². The average molecular weight is 256 g/mol. The molecule has 0 radical (unpaired) electrons. The van der Waals surface area contributed by atoms with Crippen LogP contribution in [0.1, 0.15) is 25.0 Å². The lowest BCUT2D eigenvalue weighted by atomic mass is 10.0. The zero-order valence-corrected chi connectivity index (χ0v) is 10.7. The van der Waals surface area contributed by atoms with Crippen molar-refractivity contribution in [3.05, 3.63) is 29.3 Å². The predicted molar refractivity (Wildman–Crippen MR) is 68.9 cm³/mol. The smallest absolute Gasteiger partial charge is 0.281 e. The molecule has 0 saturated heterocycles. The van der Waals surface area contributed by atoms with Crippen LogP contribution in [0, 0.1) is 0 Å². The highest BCUT2D eigenvalue weighted by Crippen LogP contribution is 2.22. The summed E-state index contributed by atoms with van der Waals surface area (Å²) < 4.78 is 29.5. The van der Waals surface area contributed by atoms with Crippen molar-refractivity contribution in [1.29, 1.82) is 0 Å². The van der Waals surface area contributed by atoms with E-state index in [2.05, 4.69) is 10.5 Å². The fourth-order valence-corrected chi connectivity index (χ4v) is 1.73. The molecule has 0 bridgehead atoms. The molecule has 0 fully saturated rings. The van der Waals surface area contributed by atoms with Crippen LogP contribution in [0.2, 0.25) is 0 Å². The molecule has 17 heavy (non-hydrogen) atoms. The quantitative estimate of drug-likeness (QED) is 0.366. The lowest BCUT2D eigenvalue weighted by Crippen LogP contribution is -2.03. The van der Waals surface area contributed by atoms with Gasteiger partial charge in [-0.3, -0.25) is 9.98 Å². The molecular weight excluding hydrogens is 240 g/mol. The van der Waals surface area contributed by atoms with Gasteiger partial charge in [0.1, 0.15) is 0 Å². The van der Waals surface area contributed by atoms with Gasteiger partial charge in [0.15, 0.2) is 5.55 Å². The van der Waals surface area contributed by atoms with Crippen LogP contribution in [-0.4, -0.2) is 18.5 Å². The van der Waals surface area contributed by atoms with Crippen molar-refractivity contribution in [2.45, 2.75) is 26.7 Å². The van der Waals surface area contributed by atoms with Gasteiger partial charge < -0.3 is 0 Å². The Morgan fingerprint density at radius 3 is 2.24 bits per heavy atom. The largest absolute Gasteiger partial charge is 0.306 e. The molecule has 0 unspecified atom stereocenters. The molecule has 1 aromatic rings. The van der Waals surface area contributed by atoms with Crippen molar-refractivity contribution in [2.75, 3.05) is 5.43 Å². The van der Waals surface area contributed by atoms with E-state index in [0.29, 0.717) is 5.55 Å². The van der Waals surface area contributed by atoms with Crippen molar-refractivity contribution in [1.82, 2.24) is 0 Å². The summed E-state index contributed by atoms with van der Waals surface area (Å²) in [6, 6.07) is 5.85. The van der Waals surface area contributed by atoms with Crippen molar-refractivity contribution < 1.29 is 13.0 Å². The summed E-state index contributed by atoms with van der Waals surface area (Å²) in [6.07, 6.45) is 1.63. The third kappa shape index (κ3) is 4.16. The van der Waals surface area contributed by atoms with Crippen LogP contribution in [0.25, 0.3) is 0 Å². The summed E-state index contributed by atoms with van der Waals surface area (Å²) in [4.78, 5) is 0. The SMILES string of the molecule is CCc1cccc(CC)c1N/N=C/S(=O)(=O)O. The first-order valence-electron chi connectivity index (χ1n) is 5.35. The number of hydrogen-bond acceptors (Lipinski definition) is 4. The first kappa shape index (κ1) is 13.7. The predicted octanol–water partition coefficient (Wildman–Crippen LogP) is 2.05. The Bertz CT molecular complexity index is 487. The number of hydrazone groups is 1. The molecule has 0 aromatic heterocycles. The van der Waals surface area contributed by atoms with Gasteiger partial charge in [-0.15, -0.1) is 0 Å². The van der Waals surface area contributed by atoms with Crippen molar-refractivity contribution in [3.63, 3.8) is 0 Å². The minimum atomic E-state index is -4.19. The Kier molecular flexibility index (Phi) is 4.65. The second kappa shape index (κ2) is 5.79. The number of aryl methyl sites for hydroxylation is 2. The van der Waals surface area contributed by atoms with E-state index >= 15 is 0 Å². The number of benzene rings is 1. The maximum Gasteiger partial charge on any atom is 0.306 e. The fourth-order valence-electron chi connectivity index (χ4n) is 1.54. The summed E-state index contributed by atoms with van der Waals surface area (Å²) in [5.41, 5.74) is 6.06. The number of para-hydroxylation sites is 1. The Hall–Kier alpha value is -1.40. The molecule has 0 amide bonds. The van der Waals surface area contributed by atoms with Gasteiger partial charge in [0.2, 0.25) is 0 Å². The summed E-state index contributed by atoms with van der Waals surface area (Å²) in [6.45, 7) is 4.01. The van der Waals surface area contributed by atoms with Crippen LogP contribution in [0.15, 0.2) is 23.3 Å². The Morgan fingerprint density at radius 1 is 1.29 bits per heavy atom. The van der Waals surface area contributed by atoms with E-state index in [0.717, 1.165) is 29.7 Å². The summed E-state index contributed by atoms with van der Waals surface area (Å²) >= 11 is 0. The molecule has 6 heteroatoms. The second-order valence-corrected chi connectivity index (χ2v) is 4.76. The van der Waals surface area contributed by atoms with Gasteiger partial charge in [-0.2, -0.15) is 13.5 Å². The van der Waals surface area contributed by atoms with E-state index < -0.39 is 10.1 Å². The van der Waals surface area contributed by atoms with E-state index in [4.69, 9.17) is 4.55 Å². The minimum absolute atomic E-state index is 0.485. The molecular formula is C11H16N2O3S. The third-order valence-electron chi connectivity index (χ3n) is 2.36. The van der Waals surface area contributed by atoms with Crippen molar-refractivity contribution >= 4 is 21.4 Å². The molecule has 0 saturated carbocycles. The van der Waals surface area contributed by atoms with E-state index in [1.54, 1.807) is 0 Å². The molecule has 2 N–H and O–H groups in total. The molecule has 0 heterocycles. The van der Waals surface area contributed by atoms with Crippen LogP contribution in [0.3, 0.4) is 0 Å². The molecule has 1 rings (SSSR count). The fraction of sp³-hybridized carbons (Fsp3) is 0.364. The number of hydrogen-bond donors (Lipinski definition) is 2. The maximum absolute atomic E-state index is 10.5. The first-order valence-corrected chi connectivity index (χ1v) is 6.85. The van der Waals surface area contributed by atoms with Gasteiger partial charge in [-0.1, -0.05) is 32.0 Å². The first-order chi connectivity index (χ1) is 7.98. The van der Waals surface area contributed by atoms with Crippen molar-refractivity contribution in [2.24, 2.45) is 5.10 Å². The van der Waals surface area contributed by atoms with Gasteiger partial charge >= 0.3 is 10.1 Å². The lowest BCUT2D eigenvalue weighted by molar-refractivity contribution is 0.499. The average Bonchev–Trinajstić information content (AvgIpc) is 2.27. The standard InChI is InChI=1S/C11H16N2O3S/c1-3-9-6-5-7-10(4-2)11(9)13-12-8-17(14,15)16/h5-8,13H,3-4H2,1-2H3,(H,14,15,16)/b12-8+. The summed E-state index contributed by atoms with van der Waals surface area (Å²) in [5, 5.41) is 3.52. The topological polar surface area (TPSA) is 78.8 Å². The molecule has 0 aliphatic rings. The van der Waals surface area contributed by atoms with Crippen LogP contribution in [0.4, 0.5) is 5.69 Å². The maximum atomic E-state index is 10.5. The van der Waals surface area contributed by atoms with E-state index in [-0.39, 0.29) is 0 Å². The van der Waals surface area contributed by atoms with Gasteiger partial charge in [0.05, 0.1) is 5.69 Å². The van der Waals surface area contributed by atoms with E-state index in [1.165, 1.54) is 0 Å². The van der Waals surface area contributed by atoms with Crippen LogP contribution in [-0.2, 0) is 23.0 Å². The molecule has 0 aliphatic heterocycles. The molecule has 0 spiro atoms. The van der Waals surface area contributed by atoms with Gasteiger partial charge in [-0.05, 0) is 24.0 Å². The number of anilines is 1. The molecule has 94 valence electrons. The lowest BCUT2D eigenvalue weighted by Gasteiger charge is -2.11. The van der Waals surface area contributed by atoms with Crippen molar-refractivity contribution in [3.8, 4) is 0 Å². The Balaban J connectivity index is 3.00. The molecule has 1 aromatic carbocycles. The highest BCUT2D eigenvalue weighted by molar-refractivity contribution is 7.99. The van der Waals surface area contributed by atoms with Gasteiger partial charge in [-0.25, -0.2) is 0 Å². The third-order valence-corrected chi connectivity index (χ3v) is 2.73. The van der Waals surface area contributed by atoms with Crippen LogP contribution >= 0.6 is 0 Å². The Morgan fingerprint density at radius 2 is 1.82 bits per heavy atom.